The number of aliphatic carboxylic acids is 1. The van der Waals surface area contributed by atoms with Crippen LogP contribution in [-0.4, -0.2) is 64.7 Å². The van der Waals surface area contributed by atoms with Gasteiger partial charge in [0.25, 0.3) is 0 Å². The van der Waals surface area contributed by atoms with Crippen molar-refractivity contribution < 1.29 is 24.2 Å². The van der Waals surface area contributed by atoms with Crippen LogP contribution in [0, 0.1) is 5.92 Å². The maximum atomic E-state index is 12.8. The second-order valence-electron chi connectivity index (χ2n) is 7.80. The Hall–Kier alpha value is -2.57. The van der Waals surface area contributed by atoms with Crippen molar-refractivity contribution in [3.8, 4) is 0 Å². The van der Waals surface area contributed by atoms with Crippen molar-refractivity contribution in [1.29, 1.82) is 0 Å². The van der Waals surface area contributed by atoms with E-state index in [0.717, 1.165) is 6.42 Å². The van der Waals surface area contributed by atoms with Crippen LogP contribution in [0.4, 0.5) is 4.79 Å². The van der Waals surface area contributed by atoms with Crippen LogP contribution in [0.3, 0.4) is 0 Å². The molecular weight excluding hydrogens is 348 g/mol. The van der Waals surface area contributed by atoms with E-state index in [4.69, 9.17) is 9.84 Å². The number of piperidine rings is 1. The SMILES string of the molecule is O=C(O)CCN1CC2(CCN(C(=O)[C@@H]3C[C@H]3c3ccccc3)CC2)OC1=O. The average Bonchev–Trinajstić information content (AvgIpc) is 3.41. The molecule has 27 heavy (non-hydrogen) atoms. The van der Waals surface area contributed by atoms with E-state index in [0.29, 0.717) is 38.4 Å². The van der Waals surface area contributed by atoms with Crippen LogP contribution in [0.15, 0.2) is 30.3 Å². The zero-order valence-electron chi connectivity index (χ0n) is 15.2. The fourth-order valence-electron chi connectivity index (χ4n) is 4.26. The lowest BCUT2D eigenvalue weighted by Gasteiger charge is -2.37. The number of carboxylic acids is 1. The molecule has 0 radical (unpaired) electrons. The Kier molecular flexibility index (Phi) is 4.53. The van der Waals surface area contributed by atoms with Crippen LogP contribution in [-0.2, 0) is 14.3 Å². The van der Waals surface area contributed by atoms with E-state index in [1.54, 1.807) is 0 Å². The molecule has 0 unspecified atom stereocenters. The monoisotopic (exact) mass is 372 g/mol. The van der Waals surface area contributed by atoms with Crippen LogP contribution in [0.5, 0.6) is 0 Å². The number of benzene rings is 1. The lowest BCUT2D eigenvalue weighted by atomic mass is 9.91. The number of carbonyl (C=O) groups excluding carboxylic acids is 2. The maximum absolute atomic E-state index is 12.8. The standard InChI is InChI=1S/C20H24N2O5/c23-17(24)6-9-22-13-20(27-19(22)26)7-10-21(11-8-20)18(25)16-12-15(16)14-4-2-1-3-5-14/h1-5,15-16H,6-13H2,(H,23,24)/t15-,16+/m0/s1. The molecule has 7 nitrogen and oxygen atoms in total. The molecule has 144 valence electrons. The minimum Gasteiger partial charge on any atom is -0.481 e. The van der Waals surface area contributed by atoms with Gasteiger partial charge in [-0.3, -0.25) is 9.59 Å². The molecule has 3 aliphatic rings. The smallest absolute Gasteiger partial charge is 0.410 e. The molecule has 2 saturated heterocycles. The first-order valence-corrected chi connectivity index (χ1v) is 9.51. The first-order valence-electron chi connectivity index (χ1n) is 9.51. The van der Waals surface area contributed by atoms with Gasteiger partial charge in [-0.2, -0.15) is 0 Å². The van der Waals surface area contributed by atoms with Gasteiger partial charge in [-0.1, -0.05) is 30.3 Å². The van der Waals surface area contributed by atoms with Crippen molar-refractivity contribution in [2.45, 2.75) is 37.2 Å². The highest BCUT2D eigenvalue weighted by Crippen LogP contribution is 2.49. The van der Waals surface area contributed by atoms with Crippen LogP contribution in [0.2, 0.25) is 0 Å². The Morgan fingerprint density at radius 3 is 2.56 bits per heavy atom. The summed E-state index contributed by atoms with van der Waals surface area (Å²) >= 11 is 0. The van der Waals surface area contributed by atoms with Crippen LogP contribution >= 0.6 is 0 Å². The number of hydrogen-bond donors (Lipinski definition) is 1. The zero-order chi connectivity index (χ0) is 19.0. The molecule has 2 aliphatic heterocycles. The minimum atomic E-state index is -0.929. The number of carboxylic acid groups (broad SMARTS) is 1. The van der Waals surface area contributed by atoms with E-state index in [1.165, 1.54) is 10.5 Å². The van der Waals surface area contributed by atoms with Gasteiger partial charge in [0.05, 0.1) is 13.0 Å². The molecule has 1 aromatic rings. The van der Waals surface area contributed by atoms with Gasteiger partial charge in [0.15, 0.2) is 0 Å². The topological polar surface area (TPSA) is 87.2 Å². The van der Waals surface area contributed by atoms with E-state index < -0.39 is 17.7 Å². The summed E-state index contributed by atoms with van der Waals surface area (Å²) in [6.45, 7) is 1.74. The number of amides is 2. The van der Waals surface area contributed by atoms with Crippen molar-refractivity contribution >= 4 is 18.0 Å². The van der Waals surface area contributed by atoms with Crippen molar-refractivity contribution in [3.63, 3.8) is 0 Å². The van der Waals surface area contributed by atoms with Gasteiger partial charge < -0.3 is 19.6 Å². The first kappa shape index (κ1) is 17.8. The van der Waals surface area contributed by atoms with Gasteiger partial charge >= 0.3 is 12.1 Å². The van der Waals surface area contributed by atoms with Gasteiger partial charge in [0.2, 0.25) is 5.91 Å². The molecule has 4 rings (SSSR count). The number of likely N-dealkylation sites (tertiary alicyclic amines) is 1. The summed E-state index contributed by atoms with van der Waals surface area (Å²) in [7, 11) is 0. The molecule has 0 aromatic heterocycles. The Labute approximate surface area is 157 Å². The third kappa shape index (κ3) is 3.63. The summed E-state index contributed by atoms with van der Waals surface area (Å²) < 4.78 is 5.59. The van der Waals surface area contributed by atoms with Gasteiger partial charge in [-0.05, 0) is 17.9 Å². The van der Waals surface area contributed by atoms with E-state index in [1.807, 2.05) is 23.1 Å². The van der Waals surface area contributed by atoms with Crippen molar-refractivity contribution in [3.05, 3.63) is 35.9 Å². The zero-order valence-corrected chi connectivity index (χ0v) is 15.2. The fraction of sp³-hybridized carbons (Fsp3) is 0.550. The van der Waals surface area contributed by atoms with Crippen molar-refractivity contribution in [1.82, 2.24) is 9.80 Å². The maximum Gasteiger partial charge on any atom is 0.410 e. The summed E-state index contributed by atoms with van der Waals surface area (Å²) in [5.41, 5.74) is 0.650. The summed E-state index contributed by atoms with van der Waals surface area (Å²) in [5, 5.41) is 8.80. The number of rotatable bonds is 5. The van der Waals surface area contributed by atoms with E-state index in [2.05, 4.69) is 12.1 Å². The molecule has 2 amide bonds. The third-order valence-corrected chi connectivity index (χ3v) is 5.96. The normalized spacial score (nSPS) is 26.1. The van der Waals surface area contributed by atoms with Gasteiger partial charge in [0, 0.05) is 38.4 Å². The van der Waals surface area contributed by atoms with Crippen molar-refractivity contribution in [2.24, 2.45) is 5.92 Å². The molecule has 1 N–H and O–H groups in total. The molecule has 2 atom stereocenters. The molecular formula is C20H24N2O5. The van der Waals surface area contributed by atoms with Crippen LogP contribution < -0.4 is 0 Å². The molecule has 1 aromatic carbocycles. The summed E-state index contributed by atoms with van der Waals surface area (Å²) in [4.78, 5) is 38.9. The Balaban J connectivity index is 1.30. The number of nitrogens with zero attached hydrogens (tertiary/aromatic N) is 2. The summed E-state index contributed by atoms with van der Waals surface area (Å²) in [6, 6.07) is 10.1. The summed E-state index contributed by atoms with van der Waals surface area (Å²) in [6.07, 6.45) is 1.59. The largest absolute Gasteiger partial charge is 0.481 e. The van der Waals surface area contributed by atoms with Crippen LogP contribution in [0.1, 0.15) is 37.2 Å². The van der Waals surface area contributed by atoms with Gasteiger partial charge in [0.1, 0.15) is 5.60 Å². The molecule has 1 saturated carbocycles. The predicted octanol–water partition coefficient (Wildman–Crippen LogP) is 2.08. The van der Waals surface area contributed by atoms with E-state index in [9.17, 15) is 14.4 Å². The van der Waals surface area contributed by atoms with Gasteiger partial charge in [-0.25, -0.2) is 4.79 Å². The molecule has 0 bridgehead atoms. The minimum absolute atomic E-state index is 0.0691. The Morgan fingerprint density at radius 1 is 1.19 bits per heavy atom. The Morgan fingerprint density at radius 2 is 1.89 bits per heavy atom. The molecule has 1 aliphatic carbocycles. The number of carbonyl (C=O) groups is 3. The molecule has 1 spiro atoms. The Bertz CT molecular complexity index is 742. The molecule has 7 heteroatoms. The quantitative estimate of drug-likeness (QED) is 0.855. The van der Waals surface area contributed by atoms with Gasteiger partial charge in [-0.15, -0.1) is 0 Å². The number of ether oxygens (including phenoxy) is 1. The molecule has 3 fully saturated rings. The lowest BCUT2D eigenvalue weighted by molar-refractivity contribution is -0.138. The van der Waals surface area contributed by atoms with E-state index in [-0.39, 0.29) is 24.8 Å². The molecule has 2 heterocycles. The summed E-state index contributed by atoms with van der Waals surface area (Å²) in [5.74, 6) is -0.336. The third-order valence-electron chi connectivity index (χ3n) is 5.96. The second kappa shape index (κ2) is 6.87. The van der Waals surface area contributed by atoms with Crippen LogP contribution in [0.25, 0.3) is 0 Å². The van der Waals surface area contributed by atoms with Crippen molar-refractivity contribution in [2.75, 3.05) is 26.2 Å². The highest BCUT2D eigenvalue weighted by atomic mass is 16.6. The average molecular weight is 372 g/mol. The highest BCUT2D eigenvalue weighted by molar-refractivity contribution is 5.83. The predicted molar refractivity (Wildman–Crippen MR) is 96.1 cm³/mol. The first-order chi connectivity index (χ1) is 13.0. The lowest BCUT2D eigenvalue weighted by Crippen LogP contribution is -2.49. The number of hydrogen-bond acceptors (Lipinski definition) is 4. The fourth-order valence-corrected chi connectivity index (χ4v) is 4.26. The second-order valence-corrected chi connectivity index (χ2v) is 7.80. The van der Waals surface area contributed by atoms with E-state index >= 15 is 0 Å². The highest BCUT2D eigenvalue weighted by Gasteiger charge is 2.50.